The SMILES string of the molecule is CC(=O)O[C@H]1CC(C)CCC1C(C)C. The molecule has 1 rings (SSSR count). The van der Waals surface area contributed by atoms with Crippen LogP contribution in [0.15, 0.2) is 0 Å². The predicted molar refractivity (Wildman–Crippen MR) is 56.9 cm³/mol. The van der Waals surface area contributed by atoms with Gasteiger partial charge in [-0.2, -0.15) is 0 Å². The van der Waals surface area contributed by atoms with Crippen LogP contribution < -0.4 is 0 Å². The Morgan fingerprint density at radius 2 is 2.00 bits per heavy atom. The van der Waals surface area contributed by atoms with Crippen LogP contribution in [0.3, 0.4) is 0 Å². The normalized spacial score (nSPS) is 33.1. The van der Waals surface area contributed by atoms with E-state index < -0.39 is 0 Å². The van der Waals surface area contributed by atoms with Crippen molar-refractivity contribution in [2.75, 3.05) is 0 Å². The van der Waals surface area contributed by atoms with Gasteiger partial charge in [0.25, 0.3) is 0 Å². The monoisotopic (exact) mass is 198 g/mol. The summed E-state index contributed by atoms with van der Waals surface area (Å²) in [6.07, 6.45) is 3.69. The van der Waals surface area contributed by atoms with Crippen molar-refractivity contribution in [1.82, 2.24) is 0 Å². The number of hydrogen-bond acceptors (Lipinski definition) is 2. The third kappa shape index (κ3) is 3.00. The van der Waals surface area contributed by atoms with Crippen LogP contribution in [0.4, 0.5) is 0 Å². The summed E-state index contributed by atoms with van der Waals surface area (Å²) in [4.78, 5) is 11.0. The molecule has 1 fully saturated rings. The molecule has 0 N–H and O–H groups in total. The van der Waals surface area contributed by atoms with Crippen molar-refractivity contribution in [3.8, 4) is 0 Å². The molecule has 82 valence electrons. The fourth-order valence-electron chi connectivity index (χ4n) is 2.46. The molecule has 1 saturated carbocycles. The van der Waals surface area contributed by atoms with Gasteiger partial charge in [-0.05, 0) is 30.6 Å². The van der Waals surface area contributed by atoms with E-state index in [0.29, 0.717) is 17.8 Å². The van der Waals surface area contributed by atoms with Crippen molar-refractivity contribution in [1.29, 1.82) is 0 Å². The van der Waals surface area contributed by atoms with E-state index >= 15 is 0 Å². The number of carbonyl (C=O) groups excluding carboxylic acids is 1. The molecule has 0 radical (unpaired) electrons. The Bertz CT molecular complexity index is 198. The van der Waals surface area contributed by atoms with Crippen molar-refractivity contribution < 1.29 is 9.53 Å². The summed E-state index contributed by atoms with van der Waals surface area (Å²) >= 11 is 0. The summed E-state index contributed by atoms with van der Waals surface area (Å²) in [5.74, 6) is 1.76. The van der Waals surface area contributed by atoms with E-state index in [2.05, 4.69) is 20.8 Å². The lowest BCUT2D eigenvalue weighted by molar-refractivity contribution is -0.153. The number of esters is 1. The van der Waals surface area contributed by atoms with Crippen molar-refractivity contribution in [2.24, 2.45) is 17.8 Å². The van der Waals surface area contributed by atoms with Gasteiger partial charge in [0.1, 0.15) is 6.10 Å². The largest absolute Gasteiger partial charge is 0.462 e. The van der Waals surface area contributed by atoms with Gasteiger partial charge < -0.3 is 4.74 Å². The Morgan fingerprint density at radius 1 is 1.36 bits per heavy atom. The van der Waals surface area contributed by atoms with Gasteiger partial charge in [-0.1, -0.05) is 27.2 Å². The van der Waals surface area contributed by atoms with Crippen molar-refractivity contribution in [3.05, 3.63) is 0 Å². The molecule has 2 unspecified atom stereocenters. The number of carbonyl (C=O) groups is 1. The molecule has 0 amide bonds. The molecule has 1 aliphatic rings. The van der Waals surface area contributed by atoms with Crippen LogP contribution >= 0.6 is 0 Å². The summed E-state index contributed by atoms with van der Waals surface area (Å²) in [5, 5.41) is 0. The van der Waals surface area contributed by atoms with E-state index in [0.717, 1.165) is 6.42 Å². The number of rotatable bonds is 2. The average molecular weight is 198 g/mol. The molecule has 0 aromatic rings. The Balaban J connectivity index is 2.58. The van der Waals surface area contributed by atoms with Gasteiger partial charge in [0.05, 0.1) is 0 Å². The second-order valence-electron chi connectivity index (χ2n) is 4.97. The molecule has 0 aliphatic heterocycles. The fraction of sp³-hybridized carbons (Fsp3) is 0.917. The summed E-state index contributed by atoms with van der Waals surface area (Å²) in [5.41, 5.74) is 0. The third-order valence-electron chi connectivity index (χ3n) is 3.28. The minimum atomic E-state index is -0.130. The first-order valence-electron chi connectivity index (χ1n) is 5.68. The molecule has 0 heterocycles. The molecule has 0 aromatic carbocycles. The highest BCUT2D eigenvalue weighted by molar-refractivity contribution is 5.66. The molecule has 0 bridgehead atoms. The quantitative estimate of drug-likeness (QED) is 0.637. The van der Waals surface area contributed by atoms with Crippen LogP contribution in [0, 0.1) is 17.8 Å². The average Bonchev–Trinajstić information content (AvgIpc) is 2.01. The van der Waals surface area contributed by atoms with Crippen molar-refractivity contribution in [3.63, 3.8) is 0 Å². The van der Waals surface area contributed by atoms with Crippen LogP contribution in [0.5, 0.6) is 0 Å². The van der Waals surface area contributed by atoms with Gasteiger partial charge >= 0.3 is 5.97 Å². The standard InChI is InChI=1S/C12H22O2/c1-8(2)11-6-5-9(3)7-12(11)14-10(4)13/h8-9,11-12H,5-7H2,1-4H3/t9?,11?,12-/m0/s1. The third-order valence-corrected chi connectivity index (χ3v) is 3.28. The van der Waals surface area contributed by atoms with E-state index in [4.69, 9.17) is 4.74 Å². The molecule has 2 heteroatoms. The topological polar surface area (TPSA) is 26.3 Å². The molecule has 0 aromatic heterocycles. The molecule has 3 atom stereocenters. The van der Waals surface area contributed by atoms with Crippen LogP contribution in [0.2, 0.25) is 0 Å². The van der Waals surface area contributed by atoms with Gasteiger partial charge in [0.15, 0.2) is 0 Å². The highest BCUT2D eigenvalue weighted by Crippen LogP contribution is 2.35. The van der Waals surface area contributed by atoms with Crippen LogP contribution in [0.25, 0.3) is 0 Å². The highest BCUT2D eigenvalue weighted by atomic mass is 16.5. The Hall–Kier alpha value is -0.530. The minimum absolute atomic E-state index is 0.130. The smallest absolute Gasteiger partial charge is 0.302 e. The number of ether oxygens (including phenoxy) is 1. The zero-order chi connectivity index (χ0) is 10.7. The highest BCUT2D eigenvalue weighted by Gasteiger charge is 2.32. The van der Waals surface area contributed by atoms with E-state index in [1.54, 1.807) is 0 Å². The molecule has 0 saturated heterocycles. The summed E-state index contributed by atoms with van der Waals surface area (Å²) < 4.78 is 5.40. The Morgan fingerprint density at radius 3 is 2.50 bits per heavy atom. The molecule has 2 nitrogen and oxygen atoms in total. The van der Waals surface area contributed by atoms with E-state index in [1.165, 1.54) is 19.8 Å². The van der Waals surface area contributed by atoms with Gasteiger partial charge in [0.2, 0.25) is 0 Å². The Labute approximate surface area is 87.0 Å². The lowest BCUT2D eigenvalue weighted by atomic mass is 9.75. The first kappa shape index (κ1) is 11.5. The summed E-state index contributed by atoms with van der Waals surface area (Å²) in [6, 6.07) is 0. The maximum absolute atomic E-state index is 11.0. The van der Waals surface area contributed by atoms with Gasteiger partial charge in [-0.25, -0.2) is 0 Å². The number of hydrogen-bond donors (Lipinski definition) is 0. The lowest BCUT2D eigenvalue weighted by Gasteiger charge is -2.36. The van der Waals surface area contributed by atoms with Crippen LogP contribution in [0.1, 0.15) is 47.0 Å². The molecular formula is C12H22O2. The first-order chi connectivity index (χ1) is 6.50. The van der Waals surface area contributed by atoms with E-state index in [1.807, 2.05) is 0 Å². The van der Waals surface area contributed by atoms with Gasteiger partial charge in [0, 0.05) is 6.92 Å². The van der Waals surface area contributed by atoms with Gasteiger partial charge in [-0.15, -0.1) is 0 Å². The van der Waals surface area contributed by atoms with Crippen LogP contribution in [-0.2, 0) is 9.53 Å². The van der Waals surface area contributed by atoms with Crippen molar-refractivity contribution in [2.45, 2.75) is 53.1 Å². The second-order valence-corrected chi connectivity index (χ2v) is 4.97. The zero-order valence-electron chi connectivity index (χ0n) is 9.75. The van der Waals surface area contributed by atoms with Crippen LogP contribution in [-0.4, -0.2) is 12.1 Å². The summed E-state index contributed by atoms with van der Waals surface area (Å²) in [7, 11) is 0. The van der Waals surface area contributed by atoms with E-state index in [-0.39, 0.29) is 12.1 Å². The maximum atomic E-state index is 11.0. The zero-order valence-corrected chi connectivity index (χ0v) is 9.75. The minimum Gasteiger partial charge on any atom is -0.462 e. The molecule has 14 heavy (non-hydrogen) atoms. The maximum Gasteiger partial charge on any atom is 0.302 e. The van der Waals surface area contributed by atoms with E-state index in [9.17, 15) is 4.79 Å². The summed E-state index contributed by atoms with van der Waals surface area (Å²) in [6.45, 7) is 8.19. The van der Waals surface area contributed by atoms with Gasteiger partial charge in [-0.3, -0.25) is 4.79 Å². The van der Waals surface area contributed by atoms with Crippen molar-refractivity contribution >= 4 is 5.97 Å². The molecular weight excluding hydrogens is 176 g/mol. The molecule has 0 spiro atoms. The first-order valence-corrected chi connectivity index (χ1v) is 5.68. The second kappa shape index (κ2) is 4.81. The lowest BCUT2D eigenvalue weighted by Crippen LogP contribution is -2.35. The Kier molecular flexibility index (Phi) is 3.97. The molecule has 1 aliphatic carbocycles. The fourth-order valence-corrected chi connectivity index (χ4v) is 2.46. The predicted octanol–water partition coefficient (Wildman–Crippen LogP) is 3.01.